The molecule has 0 aromatic heterocycles. The lowest BCUT2D eigenvalue weighted by molar-refractivity contribution is -0.286. The van der Waals surface area contributed by atoms with Crippen LogP contribution in [0.15, 0.2) is 36.4 Å². The van der Waals surface area contributed by atoms with Gasteiger partial charge >= 0.3 is 6.29 Å². The van der Waals surface area contributed by atoms with Gasteiger partial charge in [0.1, 0.15) is 0 Å². The van der Waals surface area contributed by atoms with E-state index in [1.54, 1.807) is 12.1 Å². The highest BCUT2D eigenvalue weighted by molar-refractivity contribution is 14.1. The van der Waals surface area contributed by atoms with Gasteiger partial charge in [-0.3, -0.25) is 4.79 Å². The van der Waals surface area contributed by atoms with Crippen LogP contribution in [-0.2, 0) is 0 Å². The smallest absolute Gasteiger partial charge is 0.395 e. The van der Waals surface area contributed by atoms with Crippen LogP contribution in [-0.4, -0.2) is 12.2 Å². The topological polar surface area (TPSA) is 47.6 Å². The molecule has 7 heteroatoms. The minimum atomic E-state index is -3.72. The summed E-state index contributed by atoms with van der Waals surface area (Å²) in [4.78, 5) is 12.2. The number of alkyl halides is 2. The normalized spacial score (nSPS) is 14.7. The van der Waals surface area contributed by atoms with Crippen LogP contribution in [0.5, 0.6) is 11.5 Å². The second kappa shape index (κ2) is 5.38. The van der Waals surface area contributed by atoms with Crippen molar-refractivity contribution >= 4 is 34.2 Å². The molecular weight excluding hydrogens is 407 g/mol. The number of aryl methyl sites for hydroxylation is 1. The average Bonchev–Trinajstić information content (AvgIpc) is 2.77. The van der Waals surface area contributed by atoms with E-state index in [1.165, 1.54) is 18.2 Å². The monoisotopic (exact) mass is 417 g/mol. The van der Waals surface area contributed by atoms with E-state index in [0.717, 1.165) is 9.13 Å². The summed E-state index contributed by atoms with van der Waals surface area (Å²) in [6.45, 7) is 1.93. The molecule has 2 aromatic rings. The lowest BCUT2D eigenvalue weighted by Crippen LogP contribution is -2.26. The van der Waals surface area contributed by atoms with Gasteiger partial charge in [-0.1, -0.05) is 12.1 Å². The summed E-state index contributed by atoms with van der Waals surface area (Å²) in [6, 6.07) is 9.53. The Balaban J connectivity index is 1.87. The van der Waals surface area contributed by atoms with Gasteiger partial charge in [0.25, 0.3) is 5.91 Å². The first-order valence-electron chi connectivity index (χ1n) is 6.32. The molecule has 1 aliphatic rings. The summed E-state index contributed by atoms with van der Waals surface area (Å²) in [7, 11) is 0. The van der Waals surface area contributed by atoms with Crippen LogP contribution in [0.25, 0.3) is 0 Å². The van der Waals surface area contributed by atoms with E-state index >= 15 is 0 Å². The molecule has 22 heavy (non-hydrogen) atoms. The number of fused-ring (bicyclic) bond motifs is 1. The Morgan fingerprint density at radius 2 is 2.00 bits per heavy atom. The fourth-order valence-electron chi connectivity index (χ4n) is 2.00. The number of hydrogen-bond donors (Lipinski definition) is 1. The zero-order valence-electron chi connectivity index (χ0n) is 11.3. The van der Waals surface area contributed by atoms with Gasteiger partial charge in [0.15, 0.2) is 11.5 Å². The predicted octanol–water partition coefficient (Wildman–Crippen LogP) is 4.17. The van der Waals surface area contributed by atoms with E-state index in [0.29, 0.717) is 5.56 Å². The Labute approximate surface area is 138 Å². The predicted molar refractivity (Wildman–Crippen MR) is 84.5 cm³/mol. The molecule has 0 atom stereocenters. The van der Waals surface area contributed by atoms with E-state index in [2.05, 4.69) is 37.4 Å². The van der Waals surface area contributed by atoms with Gasteiger partial charge in [0, 0.05) is 9.13 Å². The van der Waals surface area contributed by atoms with Crippen molar-refractivity contribution in [3.05, 3.63) is 51.1 Å². The van der Waals surface area contributed by atoms with E-state index < -0.39 is 12.2 Å². The Morgan fingerprint density at radius 1 is 1.23 bits per heavy atom. The van der Waals surface area contributed by atoms with E-state index in [-0.39, 0.29) is 17.2 Å². The molecule has 0 unspecified atom stereocenters. The zero-order valence-corrected chi connectivity index (χ0v) is 13.5. The third-order valence-electron chi connectivity index (χ3n) is 3.11. The van der Waals surface area contributed by atoms with Gasteiger partial charge in [-0.05, 0) is 59.3 Å². The summed E-state index contributed by atoms with van der Waals surface area (Å²) in [5.41, 5.74) is 1.61. The molecule has 3 rings (SSSR count). The number of carbonyl (C=O) groups excluding carboxylic acids is 1. The van der Waals surface area contributed by atoms with Crippen LogP contribution in [0.4, 0.5) is 14.5 Å². The Bertz CT molecular complexity index is 764. The quantitative estimate of drug-likeness (QED) is 0.747. The molecule has 0 saturated carbocycles. The zero-order chi connectivity index (χ0) is 15.9. The fourth-order valence-corrected chi connectivity index (χ4v) is 2.51. The number of ether oxygens (including phenoxy) is 2. The maximum absolute atomic E-state index is 13.1. The third-order valence-corrected chi connectivity index (χ3v) is 4.27. The minimum absolute atomic E-state index is 0.110. The summed E-state index contributed by atoms with van der Waals surface area (Å²) in [5.74, 6) is -0.700. The number of benzene rings is 2. The highest BCUT2D eigenvalue weighted by atomic mass is 127. The van der Waals surface area contributed by atoms with Crippen molar-refractivity contribution in [2.24, 2.45) is 0 Å². The first-order chi connectivity index (χ1) is 10.4. The van der Waals surface area contributed by atoms with Crippen molar-refractivity contribution in [2.45, 2.75) is 13.2 Å². The standard InChI is InChI=1S/C15H10F2INO3/c1-8-5-6-9(7-10(8)18)14(20)19-11-3-2-4-12-13(11)22-15(16,17)21-12/h2-7H,1H3,(H,19,20). The van der Waals surface area contributed by atoms with Gasteiger partial charge in [-0.15, -0.1) is 8.78 Å². The maximum Gasteiger partial charge on any atom is 0.586 e. The number of rotatable bonds is 2. The van der Waals surface area contributed by atoms with Crippen molar-refractivity contribution in [3.8, 4) is 11.5 Å². The first-order valence-corrected chi connectivity index (χ1v) is 7.40. The number of carbonyl (C=O) groups is 1. The number of halogens is 3. The first kappa shape index (κ1) is 15.0. The molecule has 4 nitrogen and oxygen atoms in total. The molecule has 1 heterocycles. The molecule has 1 aliphatic heterocycles. The molecule has 1 N–H and O–H groups in total. The number of hydrogen-bond acceptors (Lipinski definition) is 3. The molecule has 0 saturated heterocycles. The highest BCUT2D eigenvalue weighted by Crippen LogP contribution is 2.45. The Hall–Kier alpha value is -1.90. The SMILES string of the molecule is Cc1ccc(C(=O)Nc2cccc3c2OC(F)(F)O3)cc1I. The van der Waals surface area contributed by atoms with Crippen molar-refractivity contribution in [1.29, 1.82) is 0 Å². The van der Waals surface area contributed by atoms with E-state index in [4.69, 9.17) is 0 Å². The van der Waals surface area contributed by atoms with Gasteiger partial charge in [0.2, 0.25) is 0 Å². The Morgan fingerprint density at radius 3 is 2.73 bits per heavy atom. The van der Waals surface area contributed by atoms with Crippen molar-refractivity contribution in [2.75, 3.05) is 5.32 Å². The summed E-state index contributed by atoms with van der Waals surface area (Å²) in [5, 5.41) is 2.56. The lowest BCUT2D eigenvalue weighted by atomic mass is 10.1. The molecule has 1 amide bonds. The molecule has 0 bridgehead atoms. The van der Waals surface area contributed by atoms with Crippen LogP contribution >= 0.6 is 22.6 Å². The lowest BCUT2D eigenvalue weighted by Gasteiger charge is -2.09. The van der Waals surface area contributed by atoms with Gasteiger partial charge in [-0.2, -0.15) is 0 Å². The van der Waals surface area contributed by atoms with Gasteiger partial charge in [0.05, 0.1) is 5.69 Å². The second-order valence-corrected chi connectivity index (χ2v) is 5.88. The molecule has 0 spiro atoms. The van der Waals surface area contributed by atoms with Crippen LogP contribution in [0, 0.1) is 10.5 Å². The summed E-state index contributed by atoms with van der Waals surface area (Å²) < 4.78 is 36.0. The molecule has 2 aromatic carbocycles. The number of amides is 1. The van der Waals surface area contributed by atoms with Crippen LogP contribution in [0.2, 0.25) is 0 Å². The van der Waals surface area contributed by atoms with Gasteiger partial charge < -0.3 is 14.8 Å². The van der Waals surface area contributed by atoms with Gasteiger partial charge in [-0.25, -0.2) is 0 Å². The number of anilines is 1. The van der Waals surface area contributed by atoms with Crippen molar-refractivity contribution < 1.29 is 23.0 Å². The molecule has 114 valence electrons. The summed E-state index contributed by atoms with van der Waals surface area (Å²) in [6.07, 6.45) is -3.72. The van der Waals surface area contributed by atoms with Crippen molar-refractivity contribution in [3.63, 3.8) is 0 Å². The number of nitrogens with one attached hydrogen (secondary N) is 1. The molecule has 0 aliphatic carbocycles. The van der Waals surface area contributed by atoms with E-state index in [1.807, 2.05) is 13.0 Å². The van der Waals surface area contributed by atoms with Crippen molar-refractivity contribution in [1.82, 2.24) is 0 Å². The molecule has 0 radical (unpaired) electrons. The minimum Gasteiger partial charge on any atom is -0.395 e. The molecular formula is C15H10F2INO3. The fraction of sp³-hybridized carbons (Fsp3) is 0.133. The second-order valence-electron chi connectivity index (χ2n) is 4.72. The molecule has 0 fully saturated rings. The number of para-hydroxylation sites is 1. The maximum atomic E-state index is 13.1. The van der Waals surface area contributed by atoms with Crippen LogP contribution < -0.4 is 14.8 Å². The third kappa shape index (κ3) is 2.85. The average molecular weight is 417 g/mol. The highest BCUT2D eigenvalue weighted by Gasteiger charge is 2.44. The summed E-state index contributed by atoms with van der Waals surface area (Å²) >= 11 is 2.12. The largest absolute Gasteiger partial charge is 0.586 e. The van der Waals surface area contributed by atoms with E-state index in [9.17, 15) is 13.6 Å². The van der Waals surface area contributed by atoms with Crippen LogP contribution in [0.3, 0.4) is 0 Å². The Kier molecular flexibility index (Phi) is 3.67. The van der Waals surface area contributed by atoms with Crippen LogP contribution in [0.1, 0.15) is 15.9 Å².